The van der Waals surface area contributed by atoms with Gasteiger partial charge in [-0.3, -0.25) is 0 Å². The zero-order chi connectivity index (χ0) is 28.8. The van der Waals surface area contributed by atoms with Crippen molar-refractivity contribution in [2.45, 2.75) is 13.8 Å². The van der Waals surface area contributed by atoms with Gasteiger partial charge in [-0.05, 0) is 74.5 Å². The second-order valence-electron chi connectivity index (χ2n) is 11.7. The molecule has 0 unspecified atom stereocenters. The van der Waals surface area contributed by atoms with Crippen LogP contribution < -0.4 is 9.64 Å². The molecule has 43 heavy (non-hydrogen) atoms. The lowest BCUT2D eigenvalue weighted by Gasteiger charge is -2.30. The topological polar surface area (TPSA) is 22.3 Å². The SMILES string of the molecule is Cc1ccc2c(c1)c1cc(C)ccc1n2-c1ccc2c(c1)Oc1cc(-n3c4ccccc4c4ccccc43)ccc1N2C. The molecule has 9 rings (SSSR count). The fourth-order valence-corrected chi connectivity index (χ4v) is 6.98. The maximum atomic E-state index is 6.74. The second kappa shape index (κ2) is 8.76. The molecule has 2 aromatic heterocycles. The molecule has 1 aliphatic rings. The Bertz CT molecular complexity index is 2310. The average Bonchev–Trinajstić information content (AvgIpc) is 3.53. The van der Waals surface area contributed by atoms with E-state index in [2.05, 4.69) is 156 Å². The molecule has 1 aliphatic heterocycles. The Morgan fingerprint density at radius 2 is 0.884 bits per heavy atom. The predicted octanol–water partition coefficient (Wildman–Crippen LogP) is 10.4. The fourth-order valence-electron chi connectivity index (χ4n) is 6.98. The molecular formula is C39H29N3O. The summed E-state index contributed by atoms with van der Waals surface area (Å²) < 4.78 is 11.4. The summed E-state index contributed by atoms with van der Waals surface area (Å²) in [7, 11) is 2.12. The van der Waals surface area contributed by atoms with Gasteiger partial charge in [0.25, 0.3) is 0 Å². The number of para-hydroxylation sites is 2. The van der Waals surface area contributed by atoms with E-state index in [1.807, 2.05) is 0 Å². The Morgan fingerprint density at radius 3 is 1.37 bits per heavy atom. The van der Waals surface area contributed by atoms with Gasteiger partial charge in [0, 0.05) is 40.7 Å². The van der Waals surface area contributed by atoms with E-state index in [1.54, 1.807) is 0 Å². The van der Waals surface area contributed by atoms with Crippen LogP contribution in [-0.4, -0.2) is 16.2 Å². The van der Waals surface area contributed by atoms with E-state index in [-0.39, 0.29) is 0 Å². The minimum Gasteiger partial charge on any atom is -0.453 e. The first-order valence-corrected chi connectivity index (χ1v) is 14.8. The number of hydrogen-bond donors (Lipinski definition) is 0. The molecule has 0 fully saturated rings. The van der Waals surface area contributed by atoms with E-state index in [1.165, 1.54) is 54.7 Å². The van der Waals surface area contributed by atoms with Crippen molar-refractivity contribution >= 4 is 55.0 Å². The van der Waals surface area contributed by atoms with Crippen LogP contribution in [0.2, 0.25) is 0 Å². The number of ether oxygens (including phenoxy) is 1. The summed E-state index contributed by atoms with van der Waals surface area (Å²) in [6, 6.07) is 43.8. The summed E-state index contributed by atoms with van der Waals surface area (Å²) in [5.74, 6) is 1.70. The molecule has 3 heterocycles. The Hall–Kier alpha value is -5.48. The minimum atomic E-state index is 0.847. The number of anilines is 2. The summed E-state index contributed by atoms with van der Waals surface area (Å²) in [4.78, 5) is 2.23. The van der Waals surface area contributed by atoms with Crippen LogP contribution in [0.1, 0.15) is 11.1 Å². The van der Waals surface area contributed by atoms with Crippen molar-refractivity contribution in [3.05, 3.63) is 132 Å². The van der Waals surface area contributed by atoms with Crippen LogP contribution in [0.15, 0.2) is 121 Å². The van der Waals surface area contributed by atoms with E-state index >= 15 is 0 Å². The van der Waals surface area contributed by atoms with Gasteiger partial charge in [0.15, 0.2) is 11.5 Å². The van der Waals surface area contributed by atoms with Crippen LogP contribution >= 0.6 is 0 Å². The molecule has 0 saturated carbocycles. The molecule has 206 valence electrons. The van der Waals surface area contributed by atoms with Crippen LogP contribution in [0.4, 0.5) is 11.4 Å². The molecule has 0 bridgehead atoms. The van der Waals surface area contributed by atoms with Gasteiger partial charge in [0.1, 0.15) is 0 Å². The predicted molar refractivity (Wildman–Crippen MR) is 179 cm³/mol. The summed E-state index contributed by atoms with van der Waals surface area (Å²) in [5, 5.41) is 5.05. The molecule has 0 atom stereocenters. The molecule has 0 radical (unpaired) electrons. The third kappa shape index (κ3) is 3.44. The minimum absolute atomic E-state index is 0.847. The maximum absolute atomic E-state index is 6.74. The van der Waals surface area contributed by atoms with Crippen LogP contribution in [0.3, 0.4) is 0 Å². The zero-order valence-electron chi connectivity index (χ0n) is 24.3. The maximum Gasteiger partial charge on any atom is 0.153 e. The second-order valence-corrected chi connectivity index (χ2v) is 11.7. The monoisotopic (exact) mass is 555 g/mol. The van der Waals surface area contributed by atoms with Crippen molar-refractivity contribution < 1.29 is 4.74 Å². The molecule has 0 amide bonds. The molecule has 0 spiro atoms. The summed E-state index contributed by atoms with van der Waals surface area (Å²) in [6.07, 6.45) is 0. The first-order chi connectivity index (χ1) is 21.0. The lowest BCUT2D eigenvalue weighted by Crippen LogP contribution is -2.16. The first-order valence-electron chi connectivity index (χ1n) is 14.8. The van der Waals surface area contributed by atoms with Crippen molar-refractivity contribution in [1.82, 2.24) is 9.13 Å². The zero-order valence-corrected chi connectivity index (χ0v) is 24.3. The van der Waals surface area contributed by atoms with Gasteiger partial charge in [0.2, 0.25) is 0 Å². The van der Waals surface area contributed by atoms with Gasteiger partial charge in [-0.25, -0.2) is 0 Å². The number of rotatable bonds is 2. The van der Waals surface area contributed by atoms with E-state index in [0.29, 0.717) is 0 Å². The number of benzene rings is 6. The number of fused-ring (bicyclic) bond motifs is 8. The Kier molecular flexibility index (Phi) is 4.92. The van der Waals surface area contributed by atoms with E-state index in [4.69, 9.17) is 4.74 Å². The quantitative estimate of drug-likeness (QED) is 0.212. The normalized spacial score (nSPS) is 12.7. The van der Waals surface area contributed by atoms with Crippen LogP contribution in [-0.2, 0) is 0 Å². The molecule has 4 nitrogen and oxygen atoms in total. The van der Waals surface area contributed by atoms with Crippen molar-refractivity contribution in [3.8, 4) is 22.9 Å². The van der Waals surface area contributed by atoms with Gasteiger partial charge < -0.3 is 18.8 Å². The molecular weight excluding hydrogens is 526 g/mol. The van der Waals surface area contributed by atoms with E-state index in [9.17, 15) is 0 Å². The molecule has 0 aliphatic carbocycles. The smallest absolute Gasteiger partial charge is 0.153 e. The lowest BCUT2D eigenvalue weighted by molar-refractivity contribution is 0.475. The van der Waals surface area contributed by atoms with Gasteiger partial charge in [-0.1, -0.05) is 59.7 Å². The van der Waals surface area contributed by atoms with E-state index in [0.717, 1.165) is 34.2 Å². The standard InChI is InChI=1S/C39H29N3O/c1-24-12-16-34-30(20-24)31-21-25(2)13-17-35(31)42(34)27-15-19-37-39(23-27)43-38-22-26(14-18-36(38)40(37)3)41-32-10-6-4-8-28(32)29-9-5-7-11-33(29)41/h4-23H,1-3H3. The molecule has 8 aromatic rings. The highest BCUT2D eigenvalue weighted by atomic mass is 16.5. The molecule has 0 saturated heterocycles. The Morgan fingerprint density at radius 1 is 0.442 bits per heavy atom. The van der Waals surface area contributed by atoms with E-state index < -0.39 is 0 Å². The number of aryl methyl sites for hydroxylation is 2. The highest BCUT2D eigenvalue weighted by Gasteiger charge is 2.24. The van der Waals surface area contributed by atoms with Gasteiger partial charge >= 0.3 is 0 Å². The molecule has 0 N–H and O–H groups in total. The van der Waals surface area contributed by atoms with Crippen molar-refractivity contribution in [2.75, 3.05) is 11.9 Å². The molecule has 6 aromatic carbocycles. The highest BCUT2D eigenvalue weighted by Crippen LogP contribution is 2.48. The third-order valence-corrected chi connectivity index (χ3v) is 9.00. The summed E-state index contributed by atoms with van der Waals surface area (Å²) in [6.45, 7) is 4.32. The first kappa shape index (κ1) is 24.2. The number of hydrogen-bond acceptors (Lipinski definition) is 2. The van der Waals surface area contributed by atoms with Crippen LogP contribution in [0.5, 0.6) is 11.5 Å². The lowest BCUT2D eigenvalue weighted by atomic mass is 10.1. The molecule has 4 heteroatoms. The Balaban J connectivity index is 1.20. The number of nitrogens with zero attached hydrogens (tertiary/aromatic N) is 3. The van der Waals surface area contributed by atoms with Crippen molar-refractivity contribution in [1.29, 1.82) is 0 Å². The summed E-state index contributed by atoms with van der Waals surface area (Å²) in [5.41, 5.74) is 11.6. The van der Waals surface area contributed by atoms with Crippen LogP contribution in [0.25, 0.3) is 55.0 Å². The fraction of sp³-hybridized carbons (Fsp3) is 0.0769. The van der Waals surface area contributed by atoms with Gasteiger partial charge in [-0.15, -0.1) is 0 Å². The third-order valence-electron chi connectivity index (χ3n) is 9.00. The Labute approximate surface area is 249 Å². The van der Waals surface area contributed by atoms with Crippen molar-refractivity contribution in [3.63, 3.8) is 0 Å². The summed E-state index contributed by atoms with van der Waals surface area (Å²) >= 11 is 0. The van der Waals surface area contributed by atoms with Gasteiger partial charge in [0.05, 0.1) is 44.8 Å². The average molecular weight is 556 g/mol. The largest absolute Gasteiger partial charge is 0.453 e. The highest BCUT2D eigenvalue weighted by molar-refractivity contribution is 6.10. The van der Waals surface area contributed by atoms with Crippen LogP contribution in [0, 0.1) is 13.8 Å². The van der Waals surface area contributed by atoms with Crippen molar-refractivity contribution in [2.24, 2.45) is 0 Å². The van der Waals surface area contributed by atoms with Gasteiger partial charge in [-0.2, -0.15) is 0 Å². The number of aromatic nitrogens is 2.